The van der Waals surface area contributed by atoms with Gasteiger partial charge in [0, 0.05) is 39.7 Å². The number of benzene rings is 1. The lowest BCUT2D eigenvalue weighted by Crippen LogP contribution is -2.42. The van der Waals surface area contributed by atoms with E-state index in [1.54, 1.807) is 7.11 Å². The first-order chi connectivity index (χ1) is 13.2. The number of aliphatic imine (C=N–C) groups is 1. The van der Waals surface area contributed by atoms with Gasteiger partial charge in [-0.25, -0.2) is 0 Å². The number of hydrogen-bond donors (Lipinski definition) is 1. The molecule has 2 atom stereocenters. The minimum absolute atomic E-state index is 0. The first-order valence-electron chi connectivity index (χ1n) is 9.86. The fourth-order valence-corrected chi connectivity index (χ4v) is 3.16. The zero-order valence-corrected chi connectivity index (χ0v) is 19.8. The summed E-state index contributed by atoms with van der Waals surface area (Å²) in [5, 5.41) is 3.49. The van der Waals surface area contributed by atoms with Gasteiger partial charge in [-0.15, -0.1) is 24.0 Å². The number of halogens is 1. The van der Waals surface area contributed by atoms with Crippen LogP contribution in [0.25, 0.3) is 0 Å². The third-order valence-electron chi connectivity index (χ3n) is 4.71. The molecule has 7 heteroatoms. The summed E-state index contributed by atoms with van der Waals surface area (Å²) in [5.41, 5.74) is 1.21. The number of rotatable bonds is 11. The molecule has 1 aliphatic heterocycles. The normalized spacial score (nSPS) is 18.0. The summed E-state index contributed by atoms with van der Waals surface area (Å²) in [7, 11) is 3.55. The summed E-state index contributed by atoms with van der Waals surface area (Å²) in [6, 6.07) is 10.3. The Morgan fingerprint density at radius 3 is 2.75 bits per heavy atom. The van der Waals surface area contributed by atoms with E-state index in [9.17, 15) is 0 Å². The predicted molar refractivity (Wildman–Crippen MR) is 124 cm³/mol. The van der Waals surface area contributed by atoms with Gasteiger partial charge in [-0.2, -0.15) is 0 Å². The Morgan fingerprint density at radius 2 is 2.04 bits per heavy atom. The fourth-order valence-electron chi connectivity index (χ4n) is 3.16. The molecule has 2 rings (SSSR count). The average molecular weight is 505 g/mol. The van der Waals surface area contributed by atoms with Crippen molar-refractivity contribution in [2.45, 2.75) is 20.0 Å². The molecule has 6 nitrogen and oxygen atoms in total. The van der Waals surface area contributed by atoms with Crippen LogP contribution in [0, 0.1) is 11.8 Å². The van der Waals surface area contributed by atoms with Gasteiger partial charge in [0.05, 0.1) is 33.0 Å². The Bertz CT molecular complexity index is 545. The second kappa shape index (κ2) is 15.0. The molecule has 28 heavy (non-hydrogen) atoms. The van der Waals surface area contributed by atoms with Crippen LogP contribution in [0.1, 0.15) is 18.9 Å². The van der Waals surface area contributed by atoms with Crippen molar-refractivity contribution in [2.75, 3.05) is 60.2 Å². The fraction of sp³-hybridized carbons (Fsp3) is 0.667. The van der Waals surface area contributed by atoms with E-state index in [1.807, 2.05) is 25.2 Å². The van der Waals surface area contributed by atoms with Gasteiger partial charge in [-0.05, 0) is 17.9 Å². The molecule has 1 saturated heterocycles. The number of ether oxygens (including phenoxy) is 3. The monoisotopic (exact) mass is 505 g/mol. The van der Waals surface area contributed by atoms with Crippen molar-refractivity contribution in [1.82, 2.24) is 10.2 Å². The van der Waals surface area contributed by atoms with E-state index in [1.165, 1.54) is 5.56 Å². The van der Waals surface area contributed by atoms with Gasteiger partial charge in [0.25, 0.3) is 0 Å². The van der Waals surface area contributed by atoms with Crippen LogP contribution >= 0.6 is 24.0 Å². The number of methoxy groups -OCH3 is 1. The van der Waals surface area contributed by atoms with E-state index in [-0.39, 0.29) is 24.0 Å². The number of nitrogens with zero attached hydrogens (tertiary/aromatic N) is 2. The zero-order valence-electron chi connectivity index (χ0n) is 17.4. The summed E-state index contributed by atoms with van der Waals surface area (Å²) in [5.74, 6) is 1.96. The second-order valence-electron chi connectivity index (χ2n) is 7.20. The van der Waals surface area contributed by atoms with Gasteiger partial charge in [-0.3, -0.25) is 4.99 Å². The first-order valence-corrected chi connectivity index (χ1v) is 9.86. The van der Waals surface area contributed by atoms with Crippen LogP contribution in [0.3, 0.4) is 0 Å². The maximum absolute atomic E-state index is 5.83. The molecule has 0 aromatic heterocycles. The Hall–Kier alpha value is -0.900. The Labute approximate surface area is 187 Å². The molecule has 160 valence electrons. The first kappa shape index (κ1) is 25.1. The third kappa shape index (κ3) is 9.54. The maximum atomic E-state index is 5.83. The van der Waals surface area contributed by atoms with Crippen molar-refractivity contribution in [3.63, 3.8) is 0 Å². The molecular weight excluding hydrogens is 469 g/mol. The molecule has 0 bridgehead atoms. The van der Waals surface area contributed by atoms with Crippen molar-refractivity contribution in [1.29, 1.82) is 0 Å². The van der Waals surface area contributed by atoms with E-state index < -0.39 is 0 Å². The SMILES string of the molecule is CN=C(NCC(C)COCc1ccccc1)N1CCC(COCCOC)C1.I. The summed E-state index contributed by atoms with van der Waals surface area (Å²) < 4.78 is 16.5. The Morgan fingerprint density at radius 1 is 1.25 bits per heavy atom. The number of hydrogen-bond acceptors (Lipinski definition) is 4. The Balaban J connectivity index is 0.00000392. The van der Waals surface area contributed by atoms with Crippen LogP contribution in [0.4, 0.5) is 0 Å². The minimum atomic E-state index is 0. The predicted octanol–water partition coefficient (Wildman–Crippen LogP) is 3.02. The lowest BCUT2D eigenvalue weighted by Gasteiger charge is -2.23. The third-order valence-corrected chi connectivity index (χ3v) is 4.71. The summed E-state index contributed by atoms with van der Waals surface area (Å²) in [6.07, 6.45) is 1.14. The summed E-state index contributed by atoms with van der Waals surface area (Å²) in [6.45, 7) is 8.58. The van der Waals surface area contributed by atoms with Gasteiger partial charge in [0.2, 0.25) is 0 Å². The molecule has 0 radical (unpaired) electrons. The Kier molecular flexibility index (Phi) is 13.5. The molecule has 1 N–H and O–H groups in total. The maximum Gasteiger partial charge on any atom is 0.193 e. The number of likely N-dealkylation sites (tertiary alicyclic amines) is 1. The highest BCUT2D eigenvalue weighted by atomic mass is 127. The molecule has 0 saturated carbocycles. The molecule has 1 aromatic rings. The van der Waals surface area contributed by atoms with E-state index in [0.717, 1.165) is 45.2 Å². The van der Waals surface area contributed by atoms with Gasteiger partial charge < -0.3 is 24.4 Å². The van der Waals surface area contributed by atoms with E-state index >= 15 is 0 Å². The van der Waals surface area contributed by atoms with E-state index in [4.69, 9.17) is 14.2 Å². The van der Waals surface area contributed by atoms with Crippen molar-refractivity contribution in [3.8, 4) is 0 Å². The van der Waals surface area contributed by atoms with E-state index in [2.05, 4.69) is 34.3 Å². The van der Waals surface area contributed by atoms with Crippen LogP contribution < -0.4 is 5.32 Å². The van der Waals surface area contributed by atoms with Crippen LogP contribution in [0.5, 0.6) is 0 Å². The summed E-state index contributed by atoms with van der Waals surface area (Å²) >= 11 is 0. The molecule has 1 heterocycles. The van der Waals surface area contributed by atoms with Crippen molar-refractivity contribution in [2.24, 2.45) is 16.8 Å². The van der Waals surface area contributed by atoms with Gasteiger partial charge in [0.1, 0.15) is 0 Å². The molecular formula is C21H36IN3O3. The largest absolute Gasteiger partial charge is 0.382 e. The van der Waals surface area contributed by atoms with Crippen LogP contribution in [-0.2, 0) is 20.8 Å². The minimum Gasteiger partial charge on any atom is -0.382 e. The van der Waals surface area contributed by atoms with E-state index in [0.29, 0.717) is 31.7 Å². The quantitative estimate of drug-likeness (QED) is 0.217. The highest BCUT2D eigenvalue weighted by molar-refractivity contribution is 14.0. The van der Waals surface area contributed by atoms with Crippen LogP contribution in [-0.4, -0.2) is 71.1 Å². The smallest absolute Gasteiger partial charge is 0.193 e. The summed E-state index contributed by atoms with van der Waals surface area (Å²) in [4.78, 5) is 6.77. The molecule has 1 aliphatic rings. The molecule has 0 aliphatic carbocycles. The lowest BCUT2D eigenvalue weighted by molar-refractivity contribution is 0.0536. The molecule has 1 aromatic carbocycles. The lowest BCUT2D eigenvalue weighted by atomic mass is 10.1. The highest BCUT2D eigenvalue weighted by Crippen LogP contribution is 2.16. The molecule has 0 spiro atoms. The van der Waals surface area contributed by atoms with Gasteiger partial charge >= 0.3 is 0 Å². The number of guanidine groups is 1. The van der Waals surface area contributed by atoms with Crippen molar-refractivity contribution in [3.05, 3.63) is 35.9 Å². The molecule has 1 fully saturated rings. The standard InChI is InChI=1S/C21H35N3O3.HI/c1-18(15-27-16-19-7-5-4-6-8-19)13-23-21(22-2)24-10-9-20(14-24)17-26-12-11-25-3;/h4-8,18,20H,9-17H2,1-3H3,(H,22,23);1H. The topological polar surface area (TPSA) is 55.3 Å². The van der Waals surface area contributed by atoms with Gasteiger partial charge in [0.15, 0.2) is 5.96 Å². The zero-order chi connectivity index (χ0) is 19.3. The van der Waals surface area contributed by atoms with Gasteiger partial charge in [-0.1, -0.05) is 37.3 Å². The van der Waals surface area contributed by atoms with Crippen molar-refractivity contribution < 1.29 is 14.2 Å². The second-order valence-corrected chi connectivity index (χ2v) is 7.20. The molecule has 2 unspecified atom stereocenters. The van der Waals surface area contributed by atoms with Crippen LogP contribution in [0.15, 0.2) is 35.3 Å². The number of nitrogens with one attached hydrogen (secondary N) is 1. The molecule has 0 amide bonds. The highest BCUT2D eigenvalue weighted by Gasteiger charge is 2.25. The average Bonchev–Trinajstić information content (AvgIpc) is 3.15. The van der Waals surface area contributed by atoms with Crippen molar-refractivity contribution >= 4 is 29.9 Å². The van der Waals surface area contributed by atoms with Crippen LogP contribution in [0.2, 0.25) is 0 Å².